The summed E-state index contributed by atoms with van der Waals surface area (Å²) in [6.45, 7) is 7.90. The highest BCUT2D eigenvalue weighted by atomic mass is 16.5. The summed E-state index contributed by atoms with van der Waals surface area (Å²) >= 11 is 0. The van der Waals surface area contributed by atoms with Crippen molar-refractivity contribution in [3.05, 3.63) is 0 Å². The lowest BCUT2D eigenvalue weighted by atomic mass is 9.90. The Morgan fingerprint density at radius 3 is 2.11 bits per heavy atom. The van der Waals surface area contributed by atoms with Crippen LogP contribution in [0.1, 0.15) is 78.6 Å². The van der Waals surface area contributed by atoms with Crippen LogP contribution < -0.4 is 0 Å². The summed E-state index contributed by atoms with van der Waals surface area (Å²) in [7, 11) is 0. The van der Waals surface area contributed by atoms with Crippen molar-refractivity contribution in [3.8, 4) is 0 Å². The monoisotopic (exact) mass is 258 g/mol. The molecule has 2 heteroatoms. The third-order valence-corrected chi connectivity index (χ3v) is 3.71. The largest absolute Gasteiger partial charge is 0.396 e. The van der Waals surface area contributed by atoms with Crippen molar-refractivity contribution in [2.24, 2.45) is 5.92 Å². The maximum atomic E-state index is 8.79. The normalized spacial score (nSPS) is 14.7. The van der Waals surface area contributed by atoms with E-state index in [1.807, 2.05) is 0 Å². The van der Waals surface area contributed by atoms with Crippen LogP contribution in [0.2, 0.25) is 0 Å². The fourth-order valence-corrected chi connectivity index (χ4v) is 2.43. The van der Waals surface area contributed by atoms with Gasteiger partial charge in [0.2, 0.25) is 0 Å². The Kier molecular flexibility index (Phi) is 13.3. The van der Waals surface area contributed by atoms with E-state index in [9.17, 15) is 0 Å². The predicted molar refractivity (Wildman–Crippen MR) is 78.9 cm³/mol. The van der Waals surface area contributed by atoms with Gasteiger partial charge in [-0.05, 0) is 31.6 Å². The predicted octanol–water partition coefficient (Wildman–Crippen LogP) is 4.55. The number of aliphatic hydroxyl groups excluding tert-OH is 1. The Balaban J connectivity index is 4.06. The minimum absolute atomic E-state index is 0.288. The highest BCUT2D eigenvalue weighted by molar-refractivity contribution is 4.70. The first-order chi connectivity index (χ1) is 8.79. The Labute approximate surface area is 114 Å². The second-order valence-corrected chi connectivity index (χ2v) is 5.29. The zero-order valence-electron chi connectivity index (χ0n) is 12.8. The molecule has 0 aromatic rings. The lowest BCUT2D eigenvalue weighted by molar-refractivity contribution is -0.00207. The second kappa shape index (κ2) is 13.4. The van der Waals surface area contributed by atoms with Gasteiger partial charge in [0.15, 0.2) is 0 Å². The van der Waals surface area contributed by atoms with Crippen molar-refractivity contribution in [1.29, 1.82) is 0 Å². The van der Waals surface area contributed by atoms with E-state index in [-0.39, 0.29) is 6.61 Å². The van der Waals surface area contributed by atoms with Crippen LogP contribution in [0, 0.1) is 5.92 Å². The minimum Gasteiger partial charge on any atom is -0.396 e. The summed E-state index contributed by atoms with van der Waals surface area (Å²) < 4.78 is 6.09. The van der Waals surface area contributed by atoms with E-state index < -0.39 is 0 Å². The van der Waals surface area contributed by atoms with Gasteiger partial charge >= 0.3 is 0 Å². The summed E-state index contributed by atoms with van der Waals surface area (Å²) in [6.07, 6.45) is 11.2. The molecule has 0 aliphatic heterocycles. The van der Waals surface area contributed by atoms with Crippen molar-refractivity contribution >= 4 is 0 Å². The van der Waals surface area contributed by atoms with Crippen LogP contribution in [-0.4, -0.2) is 24.4 Å². The van der Waals surface area contributed by atoms with Gasteiger partial charge in [0, 0.05) is 13.2 Å². The zero-order valence-corrected chi connectivity index (χ0v) is 12.8. The SMILES string of the molecule is CCCCC(CC)C(CCCC)OCCCCO. The fourth-order valence-electron chi connectivity index (χ4n) is 2.43. The van der Waals surface area contributed by atoms with Gasteiger partial charge in [-0.3, -0.25) is 0 Å². The summed E-state index contributed by atoms with van der Waals surface area (Å²) in [5, 5.41) is 8.79. The number of aliphatic hydroxyl groups is 1. The molecule has 0 aliphatic rings. The van der Waals surface area contributed by atoms with E-state index >= 15 is 0 Å². The molecular formula is C16H34O2. The molecule has 0 aromatic heterocycles. The summed E-state index contributed by atoms with van der Waals surface area (Å²) in [4.78, 5) is 0. The molecule has 110 valence electrons. The molecule has 2 unspecified atom stereocenters. The maximum Gasteiger partial charge on any atom is 0.0603 e. The Morgan fingerprint density at radius 1 is 0.889 bits per heavy atom. The molecule has 0 spiro atoms. The molecular weight excluding hydrogens is 224 g/mol. The molecule has 0 amide bonds. The zero-order chi connectivity index (χ0) is 13.6. The number of hydrogen-bond donors (Lipinski definition) is 1. The van der Waals surface area contributed by atoms with Crippen LogP contribution in [0.4, 0.5) is 0 Å². The third kappa shape index (κ3) is 8.93. The molecule has 0 aromatic carbocycles. The number of unbranched alkanes of at least 4 members (excludes halogenated alkanes) is 3. The molecule has 0 heterocycles. The third-order valence-electron chi connectivity index (χ3n) is 3.71. The van der Waals surface area contributed by atoms with Gasteiger partial charge < -0.3 is 9.84 Å². The van der Waals surface area contributed by atoms with E-state index in [0.717, 1.165) is 25.4 Å². The first kappa shape index (κ1) is 17.9. The van der Waals surface area contributed by atoms with Crippen molar-refractivity contribution in [2.75, 3.05) is 13.2 Å². The average Bonchev–Trinajstić information content (AvgIpc) is 2.40. The Bertz CT molecular complexity index is 159. The molecule has 1 N–H and O–H groups in total. The van der Waals surface area contributed by atoms with Gasteiger partial charge in [-0.25, -0.2) is 0 Å². The quantitative estimate of drug-likeness (QED) is 0.491. The van der Waals surface area contributed by atoms with E-state index in [1.54, 1.807) is 0 Å². The molecule has 2 nitrogen and oxygen atoms in total. The average molecular weight is 258 g/mol. The van der Waals surface area contributed by atoms with Gasteiger partial charge in [-0.1, -0.05) is 52.9 Å². The van der Waals surface area contributed by atoms with Crippen molar-refractivity contribution < 1.29 is 9.84 Å². The smallest absolute Gasteiger partial charge is 0.0603 e. The summed E-state index contributed by atoms with van der Waals surface area (Å²) in [5.74, 6) is 0.727. The molecule has 0 saturated carbocycles. The first-order valence-electron chi connectivity index (χ1n) is 8.02. The summed E-state index contributed by atoms with van der Waals surface area (Å²) in [6, 6.07) is 0. The highest BCUT2D eigenvalue weighted by Gasteiger charge is 2.19. The van der Waals surface area contributed by atoms with Crippen LogP contribution in [-0.2, 0) is 4.74 Å². The van der Waals surface area contributed by atoms with Crippen molar-refractivity contribution in [1.82, 2.24) is 0 Å². The van der Waals surface area contributed by atoms with Gasteiger partial charge in [0.1, 0.15) is 0 Å². The molecule has 0 fully saturated rings. The van der Waals surface area contributed by atoms with Crippen molar-refractivity contribution in [2.45, 2.75) is 84.7 Å². The van der Waals surface area contributed by atoms with Gasteiger partial charge in [0.25, 0.3) is 0 Å². The van der Waals surface area contributed by atoms with Crippen LogP contribution >= 0.6 is 0 Å². The van der Waals surface area contributed by atoms with Crippen molar-refractivity contribution in [3.63, 3.8) is 0 Å². The Hall–Kier alpha value is -0.0800. The molecule has 2 atom stereocenters. The van der Waals surface area contributed by atoms with Gasteiger partial charge in [-0.15, -0.1) is 0 Å². The Morgan fingerprint density at radius 2 is 1.56 bits per heavy atom. The molecule has 0 saturated heterocycles. The van der Waals surface area contributed by atoms with E-state index in [1.165, 1.54) is 44.9 Å². The minimum atomic E-state index is 0.288. The lowest BCUT2D eigenvalue weighted by Gasteiger charge is -2.26. The highest BCUT2D eigenvalue weighted by Crippen LogP contribution is 2.23. The topological polar surface area (TPSA) is 29.5 Å². The van der Waals surface area contributed by atoms with E-state index in [0.29, 0.717) is 6.10 Å². The van der Waals surface area contributed by atoms with E-state index in [2.05, 4.69) is 20.8 Å². The molecule has 18 heavy (non-hydrogen) atoms. The molecule has 0 aliphatic carbocycles. The number of hydrogen-bond acceptors (Lipinski definition) is 2. The standard InChI is InChI=1S/C16H34O2/c1-4-7-11-15(6-3)16(12-8-5-2)18-14-10-9-13-17/h15-17H,4-14H2,1-3H3. The maximum absolute atomic E-state index is 8.79. The molecule has 0 bridgehead atoms. The van der Waals surface area contributed by atoms with Crippen LogP contribution in [0.3, 0.4) is 0 Å². The fraction of sp³-hybridized carbons (Fsp3) is 1.00. The van der Waals surface area contributed by atoms with Crippen LogP contribution in [0.5, 0.6) is 0 Å². The number of rotatable bonds is 13. The van der Waals surface area contributed by atoms with Gasteiger partial charge in [0.05, 0.1) is 6.10 Å². The number of ether oxygens (including phenoxy) is 1. The first-order valence-corrected chi connectivity index (χ1v) is 8.02. The second-order valence-electron chi connectivity index (χ2n) is 5.29. The lowest BCUT2D eigenvalue weighted by Crippen LogP contribution is -2.24. The van der Waals surface area contributed by atoms with Crippen LogP contribution in [0.15, 0.2) is 0 Å². The van der Waals surface area contributed by atoms with Gasteiger partial charge in [-0.2, -0.15) is 0 Å². The van der Waals surface area contributed by atoms with E-state index in [4.69, 9.17) is 9.84 Å². The molecule has 0 radical (unpaired) electrons. The molecule has 0 rings (SSSR count). The van der Waals surface area contributed by atoms with Crippen LogP contribution in [0.25, 0.3) is 0 Å². The summed E-state index contributed by atoms with van der Waals surface area (Å²) in [5.41, 5.74) is 0.